The normalized spacial score (nSPS) is 4.29. The second-order valence-corrected chi connectivity index (χ2v) is 1.18. The summed E-state index contributed by atoms with van der Waals surface area (Å²) in [5.74, 6) is 0. The molecule has 0 atom stereocenters. The number of allylic oxidation sites excluding steroid dienone is 1. The van der Waals surface area contributed by atoms with Gasteiger partial charge in [0.05, 0.1) is 0 Å². The Balaban J connectivity index is -0.0000000800. The van der Waals surface area contributed by atoms with Crippen molar-refractivity contribution in [2.45, 2.75) is 13.8 Å². The van der Waals surface area contributed by atoms with Crippen LogP contribution in [0.1, 0.15) is 13.8 Å². The Labute approximate surface area is 51.1 Å². The largest absolute Gasteiger partial charge is 0.344 e. The minimum atomic E-state index is 0. The molecular weight excluding hydrogens is 110 g/mol. The van der Waals surface area contributed by atoms with Crippen molar-refractivity contribution in [1.82, 2.24) is 6.15 Å². The van der Waals surface area contributed by atoms with Crippen LogP contribution in [0, 0.1) is 0 Å². The molecule has 0 radical (unpaired) electrons. The van der Waals surface area contributed by atoms with Gasteiger partial charge >= 0.3 is 0 Å². The Morgan fingerprint density at radius 2 is 1.57 bits per heavy atom. The summed E-state index contributed by atoms with van der Waals surface area (Å²) in [6.07, 6.45) is 0. The molecule has 0 bridgehead atoms. The molecule has 0 aliphatic rings. The van der Waals surface area contributed by atoms with E-state index in [0.29, 0.717) is 0 Å². The second-order valence-electron chi connectivity index (χ2n) is 1.18. The monoisotopic (exact) mass is 121 g/mol. The van der Waals surface area contributed by atoms with Crippen LogP contribution in [0.25, 0.3) is 0 Å². The van der Waals surface area contributed by atoms with E-state index in [1.807, 2.05) is 13.8 Å². The molecule has 2 heteroatoms. The van der Waals surface area contributed by atoms with Crippen LogP contribution < -0.4 is 6.15 Å². The zero-order chi connectivity index (χ0) is 4.28. The lowest BCUT2D eigenvalue weighted by Gasteiger charge is -1.67. The highest BCUT2D eigenvalue weighted by Crippen LogP contribution is 1.77. The Kier molecular flexibility index (Phi) is 20.9. The van der Waals surface area contributed by atoms with Crippen LogP contribution in [-0.2, 0) is 0 Å². The molecule has 0 rings (SSSR count). The highest BCUT2D eigenvalue weighted by atomic mass is 35.5. The van der Waals surface area contributed by atoms with E-state index in [1.54, 1.807) is 0 Å². The summed E-state index contributed by atoms with van der Waals surface area (Å²) in [4.78, 5) is 0. The fraction of sp³-hybridized carbons (Fsp3) is 0.400. The topological polar surface area (TPSA) is 35.0 Å². The van der Waals surface area contributed by atoms with Crippen molar-refractivity contribution in [3.05, 3.63) is 17.9 Å². The van der Waals surface area contributed by atoms with Crippen molar-refractivity contribution in [3.8, 4) is 0 Å². The maximum Gasteiger partial charge on any atom is -0.0351 e. The first kappa shape index (κ1) is 15.9. The zero-order valence-electron chi connectivity index (χ0n) is 4.82. The average molecular weight is 122 g/mol. The predicted molar refractivity (Wildman–Crippen MR) is 36.3 cm³/mol. The molecule has 0 aromatic rings. The highest BCUT2D eigenvalue weighted by Gasteiger charge is 1.57. The van der Waals surface area contributed by atoms with Gasteiger partial charge in [0, 0.05) is 0 Å². The van der Waals surface area contributed by atoms with Gasteiger partial charge in [-0.2, -0.15) is 0 Å². The lowest BCUT2D eigenvalue weighted by atomic mass is 10.4. The van der Waals surface area contributed by atoms with Gasteiger partial charge in [-0.05, 0) is 19.4 Å². The van der Waals surface area contributed by atoms with E-state index in [1.165, 1.54) is 0 Å². The number of hydrogen-bond donors (Lipinski definition) is 1. The Bertz CT molecular complexity index is 68.1. The van der Waals surface area contributed by atoms with E-state index in [9.17, 15) is 0 Å². The number of halogens is 1. The van der Waals surface area contributed by atoms with Gasteiger partial charge in [0.25, 0.3) is 0 Å². The van der Waals surface area contributed by atoms with Crippen LogP contribution in [-0.4, -0.2) is 0 Å². The molecule has 44 valence electrons. The third-order valence-electron chi connectivity index (χ3n) is 0.354. The summed E-state index contributed by atoms with van der Waals surface area (Å²) in [6.45, 7) is 7.33. The Morgan fingerprint density at radius 1 is 1.43 bits per heavy atom. The summed E-state index contributed by atoms with van der Waals surface area (Å²) in [7, 11) is 0. The van der Waals surface area contributed by atoms with Crippen LogP contribution in [0.4, 0.5) is 0 Å². The molecule has 0 aliphatic carbocycles. The summed E-state index contributed by atoms with van der Waals surface area (Å²) in [6, 6.07) is 0. The van der Waals surface area contributed by atoms with Gasteiger partial charge in [-0.1, -0.05) is 6.58 Å². The van der Waals surface area contributed by atoms with Crippen molar-refractivity contribution in [1.29, 1.82) is 0 Å². The molecule has 0 aromatic heterocycles. The first-order valence-corrected chi connectivity index (χ1v) is 1.60. The summed E-state index contributed by atoms with van der Waals surface area (Å²) >= 11 is 0. The van der Waals surface area contributed by atoms with Crippen molar-refractivity contribution < 1.29 is 0 Å². The Hall–Kier alpha value is -0.230. The van der Waals surface area contributed by atoms with Gasteiger partial charge < -0.3 is 6.15 Å². The van der Waals surface area contributed by atoms with E-state index in [-0.39, 0.29) is 18.6 Å². The first-order valence-electron chi connectivity index (χ1n) is 1.60. The zero-order valence-corrected chi connectivity index (χ0v) is 5.64. The Morgan fingerprint density at radius 3 is 1.57 bits per heavy atom. The predicted octanol–water partition coefficient (Wildman–Crippen LogP) is 2.32. The van der Waals surface area contributed by atoms with E-state index < -0.39 is 0 Å². The molecule has 0 fully saturated rings. The standard InChI is InChI=1S/C5H8.ClH.H3N/c1-4-5(2)3;;/h1H2,2-3H3;1H;1H3. The third kappa shape index (κ3) is 26.2. The molecule has 0 aliphatic heterocycles. The molecule has 7 heavy (non-hydrogen) atoms. The van der Waals surface area contributed by atoms with Crippen molar-refractivity contribution in [2.75, 3.05) is 0 Å². The minimum Gasteiger partial charge on any atom is -0.344 e. The maximum absolute atomic E-state index is 3.40. The fourth-order valence-corrected chi connectivity index (χ4v) is 0. The van der Waals surface area contributed by atoms with E-state index in [0.717, 1.165) is 5.57 Å². The van der Waals surface area contributed by atoms with Crippen LogP contribution in [0.15, 0.2) is 17.9 Å². The van der Waals surface area contributed by atoms with Gasteiger partial charge in [-0.25, -0.2) is 0 Å². The molecule has 0 spiro atoms. The molecule has 1 nitrogen and oxygen atoms in total. The van der Waals surface area contributed by atoms with E-state index in [4.69, 9.17) is 0 Å². The van der Waals surface area contributed by atoms with Gasteiger partial charge in [0.1, 0.15) is 0 Å². The van der Waals surface area contributed by atoms with Gasteiger partial charge in [-0.3, -0.25) is 0 Å². The van der Waals surface area contributed by atoms with E-state index in [2.05, 4.69) is 12.3 Å². The van der Waals surface area contributed by atoms with E-state index >= 15 is 0 Å². The molecule has 0 saturated carbocycles. The summed E-state index contributed by atoms with van der Waals surface area (Å²) in [5.41, 5.74) is 3.84. The molecule has 0 heterocycles. The quantitative estimate of drug-likeness (QED) is 0.491. The molecule has 0 unspecified atom stereocenters. The lowest BCUT2D eigenvalue weighted by molar-refractivity contribution is 1.41. The highest BCUT2D eigenvalue weighted by molar-refractivity contribution is 5.85. The molecule has 3 N–H and O–H groups in total. The fourth-order valence-electron chi connectivity index (χ4n) is 0. The SMILES string of the molecule is C=C=C(C)C.Cl.N. The summed E-state index contributed by atoms with van der Waals surface area (Å²) in [5, 5.41) is 0. The van der Waals surface area contributed by atoms with Crippen LogP contribution >= 0.6 is 12.4 Å². The number of hydrogen-bond acceptors (Lipinski definition) is 1. The van der Waals surface area contributed by atoms with Gasteiger partial charge in [0.15, 0.2) is 0 Å². The van der Waals surface area contributed by atoms with Gasteiger partial charge in [-0.15, -0.1) is 18.1 Å². The van der Waals surface area contributed by atoms with Crippen molar-refractivity contribution in [3.63, 3.8) is 0 Å². The average Bonchev–Trinajstić information content (AvgIpc) is 1.38. The first-order chi connectivity index (χ1) is 2.27. The van der Waals surface area contributed by atoms with Crippen LogP contribution in [0.2, 0.25) is 0 Å². The minimum absolute atomic E-state index is 0. The smallest absolute Gasteiger partial charge is 0.0351 e. The third-order valence-corrected chi connectivity index (χ3v) is 0.354. The van der Waals surface area contributed by atoms with Crippen molar-refractivity contribution >= 4 is 12.4 Å². The molecular formula is C5H12ClN. The molecule has 0 amide bonds. The maximum atomic E-state index is 3.40. The summed E-state index contributed by atoms with van der Waals surface area (Å²) < 4.78 is 0. The number of rotatable bonds is 0. The van der Waals surface area contributed by atoms with Gasteiger partial charge in [0.2, 0.25) is 0 Å². The second kappa shape index (κ2) is 9.24. The van der Waals surface area contributed by atoms with Crippen LogP contribution in [0.5, 0.6) is 0 Å². The molecule has 0 aromatic carbocycles. The molecule has 0 saturated heterocycles. The van der Waals surface area contributed by atoms with Crippen molar-refractivity contribution in [2.24, 2.45) is 0 Å². The van der Waals surface area contributed by atoms with Crippen LogP contribution in [0.3, 0.4) is 0 Å². The lowest BCUT2D eigenvalue weighted by Crippen LogP contribution is -1.47.